The fourth-order valence-corrected chi connectivity index (χ4v) is 3.95. The highest BCUT2D eigenvalue weighted by molar-refractivity contribution is 9.10. The van der Waals surface area contributed by atoms with Gasteiger partial charge in [-0.1, -0.05) is 43.6 Å². The summed E-state index contributed by atoms with van der Waals surface area (Å²) in [5.74, 6) is 0.761. The zero-order chi connectivity index (χ0) is 20.8. The summed E-state index contributed by atoms with van der Waals surface area (Å²) in [7, 11) is 0. The fraction of sp³-hybridized carbons (Fsp3) is 0.409. The Morgan fingerprint density at radius 1 is 1.10 bits per heavy atom. The number of pyridine rings is 1. The van der Waals surface area contributed by atoms with Crippen LogP contribution < -0.4 is 5.32 Å². The van der Waals surface area contributed by atoms with E-state index in [9.17, 15) is 0 Å². The standard InChI is InChI=1S/C22H27BrClN5.ClH/c1-4-29(5-2)12-8-9-15(3)27-22-21-20(17(23)13-26-22)28-19(14-25-21)16-10-6-7-11-18(16)24;/h6-7,10-11,13-15H,4-5,8-9,12H2,1-3H3,(H,26,27);1H. The number of hydrogen-bond donors (Lipinski definition) is 1. The summed E-state index contributed by atoms with van der Waals surface area (Å²) < 4.78 is 0.814. The van der Waals surface area contributed by atoms with Gasteiger partial charge in [0.15, 0.2) is 5.82 Å². The molecule has 0 bridgehead atoms. The van der Waals surface area contributed by atoms with E-state index in [4.69, 9.17) is 16.6 Å². The monoisotopic (exact) mass is 511 g/mol. The Hall–Kier alpha value is -1.47. The van der Waals surface area contributed by atoms with Gasteiger partial charge in [0.2, 0.25) is 0 Å². The second-order valence-electron chi connectivity index (χ2n) is 7.10. The van der Waals surface area contributed by atoms with Gasteiger partial charge in [-0.05, 0) is 61.4 Å². The number of hydrogen-bond acceptors (Lipinski definition) is 5. The molecular weight excluding hydrogens is 485 g/mol. The van der Waals surface area contributed by atoms with E-state index in [1.165, 1.54) is 0 Å². The zero-order valence-corrected chi connectivity index (χ0v) is 20.7. The Labute approximate surface area is 198 Å². The number of nitrogens with zero attached hydrogens (tertiary/aromatic N) is 4. The minimum Gasteiger partial charge on any atom is -0.366 e. The van der Waals surface area contributed by atoms with Crippen LogP contribution in [0.25, 0.3) is 22.3 Å². The molecule has 1 unspecified atom stereocenters. The second-order valence-corrected chi connectivity index (χ2v) is 8.36. The number of anilines is 1. The van der Waals surface area contributed by atoms with Gasteiger partial charge in [-0.15, -0.1) is 12.4 Å². The highest BCUT2D eigenvalue weighted by Crippen LogP contribution is 2.30. The summed E-state index contributed by atoms with van der Waals surface area (Å²) in [5.41, 5.74) is 3.14. The molecule has 0 saturated heterocycles. The molecular formula is C22H28BrCl2N5. The maximum absolute atomic E-state index is 6.33. The molecule has 2 heterocycles. The molecule has 0 radical (unpaired) electrons. The number of rotatable bonds is 9. The smallest absolute Gasteiger partial charge is 0.154 e. The summed E-state index contributed by atoms with van der Waals surface area (Å²) in [6.07, 6.45) is 5.75. The van der Waals surface area contributed by atoms with Crippen LogP contribution >= 0.6 is 39.9 Å². The highest BCUT2D eigenvalue weighted by atomic mass is 79.9. The van der Waals surface area contributed by atoms with Gasteiger partial charge < -0.3 is 10.2 Å². The minimum atomic E-state index is 0. The third kappa shape index (κ3) is 6.03. The first kappa shape index (κ1) is 24.8. The lowest BCUT2D eigenvalue weighted by atomic mass is 10.1. The molecule has 0 saturated carbocycles. The van der Waals surface area contributed by atoms with E-state index < -0.39 is 0 Å². The van der Waals surface area contributed by atoms with Crippen molar-refractivity contribution in [3.05, 3.63) is 46.2 Å². The fourth-order valence-electron chi connectivity index (χ4n) is 3.34. The molecule has 8 heteroatoms. The second kappa shape index (κ2) is 11.8. The van der Waals surface area contributed by atoms with Crippen LogP contribution in [0.5, 0.6) is 0 Å². The van der Waals surface area contributed by atoms with Gasteiger partial charge in [-0.25, -0.2) is 15.0 Å². The lowest BCUT2D eigenvalue weighted by molar-refractivity contribution is 0.295. The van der Waals surface area contributed by atoms with Gasteiger partial charge in [0, 0.05) is 17.8 Å². The molecule has 1 aromatic carbocycles. The van der Waals surface area contributed by atoms with Crippen molar-refractivity contribution in [2.24, 2.45) is 0 Å². The van der Waals surface area contributed by atoms with E-state index in [2.05, 4.69) is 56.9 Å². The van der Waals surface area contributed by atoms with Crippen LogP contribution in [-0.2, 0) is 0 Å². The number of nitrogens with one attached hydrogen (secondary N) is 1. The van der Waals surface area contributed by atoms with Gasteiger partial charge in [-0.2, -0.15) is 0 Å². The lowest BCUT2D eigenvalue weighted by Crippen LogP contribution is -2.25. The van der Waals surface area contributed by atoms with Gasteiger partial charge in [-0.3, -0.25) is 0 Å². The molecule has 162 valence electrons. The molecule has 30 heavy (non-hydrogen) atoms. The quantitative estimate of drug-likeness (QED) is 0.357. The van der Waals surface area contributed by atoms with Crippen molar-refractivity contribution >= 4 is 56.8 Å². The van der Waals surface area contributed by atoms with E-state index >= 15 is 0 Å². The third-order valence-electron chi connectivity index (χ3n) is 5.07. The average molecular weight is 513 g/mol. The Kier molecular flexibility index (Phi) is 9.75. The molecule has 0 aliphatic heterocycles. The number of halogens is 3. The lowest BCUT2D eigenvalue weighted by Gasteiger charge is -2.20. The molecule has 2 aromatic heterocycles. The molecule has 0 aliphatic rings. The molecule has 1 atom stereocenters. The molecule has 1 N–H and O–H groups in total. The molecule has 0 fully saturated rings. The summed E-state index contributed by atoms with van der Waals surface area (Å²) in [6.45, 7) is 9.91. The van der Waals surface area contributed by atoms with Crippen LogP contribution in [0.2, 0.25) is 5.02 Å². The summed E-state index contributed by atoms with van der Waals surface area (Å²) in [6, 6.07) is 7.96. The van der Waals surface area contributed by atoms with Crippen LogP contribution in [0.1, 0.15) is 33.6 Å². The van der Waals surface area contributed by atoms with Crippen LogP contribution in [0.3, 0.4) is 0 Å². The third-order valence-corrected chi connectivity index (χ3v) is 5.98. The minimum absolute atomic E-state index is 0. The van der Waals surface area contributed by atoms with Gasteiger partial charge >= 0.3 is 0 Å². The van der Waals surface area contributed by atoms with Crippen LogP contribution in [0, 0.1) is 0 Å². The number of aromatic nitrogens is 3. The van der Waals surface area contributed by atoms with E-state index in [1.54, 1.807) is 12.4 Å². The summed E-state index contributed by atoms with van der Waals surface area (Å²) >= 11 is 9.90. The largest absolute Gasteiger partial charge is 0.366 e. The molecule has 3 rings (SSSR count). The topological polar surface area (TPSA) is 53.9 Å². The Balaban J connectivity index is 0.00000320. The van der Waals surface area contributed by atoms with Gasteiger partial charge in [0.1, 0.15) is 11.0 Å². The Bertz CT molecular complexity index is 965. The first-order valence-electron chi connectivity index (χ1n) is 10.1. The van der Waals surface area contributed by atoms with Crippen molar-refractivity contribution in [3.8, 4) is 11.3 Å². The van der Waals surface area contributed by atoms with E-state index in [1.807, 2.05) is 24.3 Å². The highest BCUT2D eigenvalue weighted by Gasteiger charge is 2.14. The van der Waals surface area contributed by atoms with Crippen LogP contribution in [0.15, 0.2) is 41.1 Å². The number of benzene rings is 1. The van der Waals surface area contributed by atoms with Gasteiger partial charge in [0.25, 0.3) is 0 Å². The molecule has 0 amide bonds. The SMILES string of the molecule is CCN(CC)CCCC(C)Nc1ncc(Br)c2nc(-c3ccccc3Cl)cnc12.Cl. The van der Waals surface area contributed by atoms with Crippen molar-refractivity contribution in [2.75, 3.05) is 25.0 Å². The van der Waals surface area contributed by atoms with Gasteiger partial charge in [0.05, 0.1) is 21.4 Å². The zero-order valence-electron chi connectivity index (χ0n) is 17.5. The van der Waals surface area contributed by atoms with Crippen LogP contribution in [0.4, 0.5) is 5.82 Å². The van der Waals surface area contributed by atoms with Crippen molar-refractivity contribution in [1.82, 2.24) is 19.9 Å². The van der Waals surface area contributed by atoms with E-state index in [0.29, 0.717) is 11.1 Å². The van der Waals surface area contributed by atoms with Crippen LogP contribution in [-0.4, -0.2) is 45.5 Å². The van der Waals surface area contributed by atoms with E-state index in [0.717, 1.165) is 65.1 Å². The summed E-state index contributed by atoms with van der Waals surface area (Å²) in [5, 5.41) is 4.17. The Morgan fingerprint density at radius 2 is 1.83 bits per heavy atom. The molecule has 0 aliphatic carbocycles. The predicted molar refractivity (Wildman–Crippen MR) is 133 cm³/mol. The molecule has 3 aromatic rings. The van der Waals surface area contributed by atoms with Crippen molar-refractivity contribution < 1.29 is 0 Å². The molecule has 5 nitrogen and oxygen atoms in total. The normalized spacial score (nSPS) is 12.1. The van der Waals surface area contributed by atoms with Crippen molar-refractivity contribution in [3.63, 3.8) is 0 Å². The maximum Gasteiger partial charge on any atom is 0.154 e. The maximum atomic E-state index is 6.33. The molecule has 0 spiro atoms. The summed E-state index contributed by atoms with van der Waals surface area (Å²) in [4.78, 5) is 16.5. The van der Waals surface area contributed by atoms with Crippen molar-refractivity contribution in [2.45, 2.75) is 39.7 Å². The first-order valence-corrected chi connectivity index (χ1v) is 11.3. The number of fused-ring (bicyclic) bond motifs is 1. The predicted octanol–water partition coefficient (Wildman–Crippen LogP) is 6.45. The van der Waals surface area contributed by atoms with Crippen molar-refractivity contribution in [1.29, 1.82) is 0 Å². The Morgan fingerprint density at radius 3 is 2.53 bits per heavy atom. The average Bonchev–Trinajstić information content (AvgIpc) is 2.73. The first-order chi connectivity index (χ1) is 14.0. The van der Waals surface area contributed by atoms with E-state index in [-0.39, 0.29) is 12.4 Å².